The molecule has 0 spiro atoms. The van der Waals surface area contributed by atoms with Crippen LogP contribution in [0.4, 0.5) is 0 Å². The normalized spacial score (nSPS) is 12.3. The predicted molar refractivity (Wildman–Crippen MR) is 247 cm³/mol. The molecule has 0 aromatic rings. The minimum absolute atomic E-state index is 0.0811. The molecule has 6 nitrogen and oxygen atoms in total. The zero-order chi connectivity index (χ0) is 42.3. The average molecular weight is 815 g/mol. The molecule has 1 atom stereocenters. The number of ether oxygens (including phenoxy) is 3. The third-order valence-electron chi connectivity index (χ3n) is 10.9. The molecule has 0 aliphatic rings. The van der Waals surface area contributed by atoms with Gasteiger partial charge in [0.25, 0.3) is 0 Å². The second kappa shape index (κ2) is 47.3. The van der Waals surface area contributed by atoms with E-state index >= 15 is 0 Å². The molecule has 0 rings (SSSR count). The lowest BCUT2D eigenvalue weighted by Crippen LogP contribution is -2.30. The van der Waals surface area contributed by atoms with Gasteiger partial charge in [0, 0.05) is 19.3 Å². The van der Waals surface area contributed by atoms with Crippen LogP contribution in [0.1, 0.15) is 258 Å². The van der Waals surface area contributed by atoms with Gasteiger partial charge in [-0.05, 0) is 51.4 Å². The van der Waals surface area contributed by atoms with Crippen molar-refractivity contribution >= 4 is 17.9 Å². The lowest BCUT2D eigenvalue weighted by molar-refractivity contribution is -0.167. The van der Waals surface area contributed by atoms with E-state index < -0.39 is 6.10 Å². The Morgan fingerprint density at radius 1 is 0.362 bits per heavy atom. The van der Waals surface area contributed by atoms with Crippen LogP contribution in [0.5, 0.6) is 0 Å². The number of hydrogen-bond acceptors (Lipinski definition) is 6. The molecule has 0 saturated heterocycles. The smallest absolute Gasteiger partial charge is 0.306 e. The minimum atomic E-state index is -0.780. The molecule has 0 amide bonds. The van der Waals surface area contributed by atoms with Crippen LogP contribution in [-0.4, -0.2) is 37.2 Å². The maximum absolute atomic E-state index is 12.7. The Morgan fingerprint density at radius 2 is 0.672 bits per heavy atom. The Morgan fingerprint density at radius 3 is 1.05 bits per heavy atom. The maximum Gasteiger partial charge on any atom is 0.306 e. The molecular weight excluding hydrogens is 721 g/mol. The lowest BCUT2D eigenvalue weighted by atomic mass is 10.0. The highest BCUT2D eigenvalue weighted by molar-refractivity contribution is 5.71. The fourth-order valence-corrected chi connectivity index (χ4v) is 7.16. The molecule has 0 aromatic heterocycles. The summed E-state index contributed by atoms with van der Waals surface area (Å²) >= 11 is 0. The second-order valence-electron chi connectivity index (χ2n) is 16.7. The van der Waals surface area contributed by atoms with E-state index in [0.717, 1.165) is 83.5 Å². The van der Waals surface area contributed by atoms with Crippen LogP contribution in [0.3, 0.4) is 0 Å². The first-order valence-electron chi connectivity index (χ1n) is 25.0. The molecule has 0 radical (unpaired) electrons. The summed E-state index contributed by atoms with van der Waals surface area (Å²) in [5, 5.41) is 0. The molecule has 0 aliphatic carbocycles. The molecule has 0 fully saturated rings. The van der Waals surface area contributed by atoms with Gasteiger partial charge in [-0.1, -0.05) is 224 Å². The fraction of sp³-hybridized carbons (Fsp3) is 0.827. The number of unbranched alkanes of at least 4 members (excludes halogenated alkanes) is 28. The van der Waals surface area contributed by atoms with Crippen LogP contribution in [0.2, 0.25) is 0 Å². The van der Waals surface area contributed by atoms with Gasteiger partial charge >= 0.3 is 17.9 Å². The van der Waals surface area contributed by atoms with Crippen molar-refractivity contribution in [1.82, 2.24) is 0 Å². The molecule has 1 unspecified atom stereocenters. The van der Waals surface area contributed by atoms with Gasteiger partial charge in [-0.25, -0.2) is 0 Å². The van der Waals surface area contributed by atoms with Crippen molar-refractivity contribution < 1.29 is 28.6 Å². The Balaban J connectivity index is 4.15. The summed E-state index contributed by atoms with van der Waals surface area (Å²) in [5.74, 6) is -0.913. The van der Waals surface area contributed by atoms with Crippen molar-refractivity contribution in [1.29, 1.82) is 0 Å². The first kappa shape index (κ1) is 55.6. The predicted octanol–water partition coefficient (Wildman–Crippen LogP) is 16.1. The van der Waals surface area contributed by atoms with Crippen LogP contribution in [0.25, 0.3) is 0 Å². The van der Waals surface area contributed by atoms with E-state index in [4.69, 9.17) is 14.2 Å². The van der Waals surface area contributed by atoms with Crippen molar-refractivity contribution in [3.05, 3.63) is 36.5 Å². The molecular formula is C52H94O6. The number of carbonyl (C=O) groups is 3. The van der Waals surface area contributed by atoms with Gasteiger partial charge in [0.1, 0.15) is 13.2 Å². The largest absolute Gasteiger partial charge is 0.462 e. The minimum Gasteiger partial charge on any atom is -0.462 e. The lowest BCUT2D eigenvalue weighted by Gasteiger charge is -2.18. The highest BCUT2D eigenvalue weighted by Gasteiger charge is 2.19. The number of allylic oxidation sites excluding steroid dienone is 6. The molecule has 6 heteroatoms. The number of carbonyl (C=O) groups excluding carboxylic acids is 3. The summed E-state index contributed by atoms with van der Waals surface area (Å²) in [6.07, 6.45) is 54.5. The molecule has 338 valence electrons. The van der Waals surface area contributed by atoms with Gasteiger partial charge in [0.15, 0.2) is 6.10 Å². The number of rotatable bonds is 45. The van der Waals surface area contributed by atoms with Crippen LogP contribution >= 0.6 is 0 Å². The first-order valence-corrected chi connectivity index (χ1v) is 25.0. The zero-order valence-electron chi connectivity index (χ0n) is 38.6. The van der Waals surface area contributed by atoms with Crippen molar-refractivity contribution in [2.75, 3.05) is 13.2 Å². The van der Waals surface area contributed by atoms with E-state index in [1.165, 1.54) is 135 Å². The Hall–Kier alpha value is -2.37. The number of hydrogen-bond donors (Lipinski definition) is 0. The van der Waals surface area contributed by atoms with Gasteiger partial charge < -0.3 is 14.2 Å². The average Bonchev–Trinajstić information content (AvgIpc) is 3.22. The topological polar surface area (TPSA) is 78.9 Å². The summed E-state index contributed by atoms with van der Waals surface area (Å²) in [7, 11) is 0. The van der Waals surface area contributed by atoms with E-state index in [0.29, 0.717) is 19.3 Å². The Labute approximate surface area is 359 Å². The van der Waals surface area contributed by atoms with Crippen LogP contribution in [0, 0.1) is 0 Å². The fourth-order valence-electron chi connectivity index (χ4n) is 7.16. The molecule has 0 aliphatic heterocycles. The van der Waals surface area contributed by atoms with Crippen molar-refractivity contribution in [3.63, 3.8) is 0 Å². The summed E-state index contributed by atoms with van der Waals surface area (Å²) in [4.78, 5) is 37.6. The molecule has 58 heavy (non-hydrogen) atoms. The van der Waals surface area contributed by atoms with Crippen LogP contribution < -0.4 is 0 Å². The van der Waals surface area contributed by atoms with Gasteiger partial charge in [0.2, 0.25) is 0 Å². The summed E-state index contributed by atoms with van der Waals surface area (Å²) in [6.45, 7) is 6.46. The van der Waals surface area contributed by atoms with Gasteiger partial charge in [0.05, 0.1) is 0 Å². The van der Waals surface area contributed by atoms with E-state index in [1.54, 1.807) is 0 Å². The van der Waals surface area contributed by atoms with Gasteiger partial charge in [-0.15, -0.1) is 0 Å². The second-order valence-corrected chi connectivity index (χ2v) is 16.7. The molecule has 0 aromatic carbocycles. The Kier molecular flexibility index (Phi) is 45.4. The Bertz CT molecular complexity index is 984. The standard InChI is InChI=1S/C52H94O6/c1-4-7-10-13-16-18-20-22-23-24-25-26-27-28-29-31-32-34-36-39-42-45-51(54)57-48-49(47-56-50(53)44-41-38-15-12-9-6-3)58-52(55)46-43-40-37-35-33-30-21-19-17-14-11-8-5-2/h8,11,17,19,30,33,49H,4-7,9-10,12-16,18,20-29,31-32,34-48H2,1-3H3/b11-8-,19-17-,33-30-. The molecule has 0 saturated carbocycles. The summed E-state index contributed by atoms with van der Waals surface area (Å²) < 4.78 is 16.6. The van der Waals surface area contributed by atoms with Crippen LogP contribution in [0.15, 0.2) is 36.5 Å². The molecule has 0 N–H and O–H groups in total. The highest BCUT2D eigenvalue weighted by atomic mass is 16.6. The third kappa shape index (κ3) is 44.7. The van der Waals surface area contributed by atoms with Gasteiger partial charge in [-0.2, -0.15) is 0 Å². The summed E-state index contributed by atoms with van der Waals surface area (Å²) in [5.41, 5.74) is 0. The SMILES string of the molecule is CC/C=C\C/C=C\C/C=C\CCCCCC(=O)OC(COC(=O)CCCCCCCC)COC(=O)CCCCCCCCCCCCCCCCCCCCCCC. The number of esters is 3. The highest BCUT2D eigenvalue weighted by Crippen LogP contribution is 2.16. The molecule has 0 heterocycles. The summed E-state index contributed by atoms with van der Waals surface area (Å²) in [6, 6.07) is 0. The maximum atomic E-state index is 12.7. The van der Waals surface area contributed by atoms with E-state index in [9.17, 15) is 14.4 Å². The van der Waals surface area contributed by atoms with Crippen molar-refractivity contribution in [3.8, 4) is 0 Å². The quantitative estimate of drug-likeness (QED) is 0.0264. The van der Waals surface area contributed by atoms with E-state index in [-0.39, 0.29) is 31.1 Å². The van der Waals surface area contributed by atoms with Crippen molar-refractivity contribution in [2.24, 2.45) is 0 Å². The third-order valence-corrected chi connectivity index (χ3v) is 10.9. The first-order chi connectivity index (χ1) is 28.5. The zero-order valence-corrected chi connectivity index (χ0v) is 38.6. The van der Waals surface area contributed by atoms with Crippen LogP contribution in [-0.2, 0) is 28.6 Å². The van der Waals surface area contributed by atoms with E-state index in [2.05, 4.69) is 57.2 Å². The van der Waals surface area contributed by atoms with Gasteiger partial charge in [-0.3, -0.25) is 14.4 Å². The monoisotopic (exact) mass is 815 g/mol. The van der Waals surface area contributed by atoms with E-state index in [1.807, 2.05) is 0 Å². The van der Waals surface area contributed by atoms with Crippen molar-refractivity contribution in [2.45, 2.75) is 264 Å². The molecule has 0 bridgehead atoms.